The largest absolute Gasteiger partial charge is 0.353 e. The van der Waals surface area contributed by atoms with E-state index in [0.717, 1.165) is 19.4 Å². The van der Waals surface area contributed by atoms with E-state index in [1.807, 2.05) is 4.68 Å². The maximum atomic E-state index is 11.3. The number of carbonyl (C=O) groups excluding carboxylic acids is 1. The summed E-state index contributed by atoms with van der Waals surface area (Å²) in [5, 5.41) is 7.06. The Morgan fingerprint density at radius 2 is 2.38 bits per heavy atom. The number of rotatable bonds is 5. The van der Waals surface area contributed by atoms with Crippen LogP contribution in [-0.2, 0) is 11.3 Å². The summed E-state index contributed by atoms with van der Waals surface area (Å²) < 4.78 is 1.84. The Morgan fingerprint density at radius 1 is 1.56 bits per heavy atom. The lowest BCUT2D eigenvalue weighted by molar-refractivity contribution is -0.122. The lowest BCUT2D eigenvalue weighted by atomic mass is 9.80. The second-order valence-corrected chi connectivity index (χ2v) is 4.64. The molecule has 1 amide bonds. The van der Waals surface area contributed by atoms with Gasteiger partial charge >= 0.3 is 0 Å². The molecular weight excluding hydrogens is 224 g/mol. The molecule has 1 aromatic heterocycles. The minimum atomic E-state index is 0.110. The summed E-state index contributed by atoms with van der Waals surface area (Å²) in [5.41, 5.74) is 0. The van der Waals surface area contributed by atoms with Crippen LogP contribution in [0.5, 0.6) is 0 Å². The van der Waals surface area contributed by atoms with Crippen LogP contribution in [0.2, 0.25) is 0 Å². The number of aromatic nitrogens is 3. The molecule has 0 aromatic carbocycles. The summed E-state index contributed by atoms with van der Waals surface area (Å²) in [6, 6.07) is 0.348. The quantitative estimate of drug-likeness (QED) is 0.737. The molecule has 6 heteroatoms. The van der Waals surface area contributed by atoms with Gasteiger partial charge in [0.1, 0.15) is 12.7 Å². The summed E-state index contributed by atoms with van der Waals surface area (Å²) in [5.74, 6) is 1.34. The van der Waals surface area contributed by atoms with E-state index < -0.39 is 0 Å². The van der Waals surface area contributed by atoms with Crippen molar-refractivity contribution in [1.29, 1.82) is 0 Å². The van der Waals surface area contributed by atoms with Crippen molar-refractivity contribution in [3.63, 3.8) is 0 Å². The molecule has 1 fully saturated rings. The molecule has 5 nitrogen and oxygen atoms in total. The van der Waals surface area contributed by atoms with E-state index >= 15 is 0 Å². The Balaban J connectivity index is 1.64. The average Bonchev–Trinajstić information content (AvgIpc) is 2.67. The lowest BCUT2D eigenvalue weighted by Gasteiger charge is -2.35. The van der Waals surface area contributed by atoms with E-state index in [4.69, 9.17) is 0 Å². The smallest absolute Gasteiger partial charge is 0.221 e. The number of amides is 1. The highest BCUT2D eigenvalue weighted by molar-refractivity contribution is 7.80. The predicted octanol–water partition coefficient (Wildman–Crippen LogP) is 0.493. The van der Waals surface area contributed by atoms with Crippen LogP contribution < -0.4 is 5.32 Å². The average molecular weight is 240 g/mol. The maximum absolute atomic E-state index is 11.3. The fourth-order valence-electron chi connectivity index (χ4n) is 2.00. The fraction of sp³-hybridized carbons (Fsp3) is 0.700. The minimum Gasteiger partial charge on any atom is -0.353 e. The molecule has 0 bridgehead atoms. The zero-order valence-electron chi connectivity index (χ0n) is 9.04. The number of nitrogens with zero attached hydrogens (tertiary/aromatic N) is 3. The van der Waals surface area contributed by atoms with Crippen molar-refractivity contribution >= 4 is 18.5 Å². The minimum absolute atomic E-state index is 0.110. The normalized spacial score (nSPS) is 23.8. The first-order valence-corrected chi connectivity index (χ1v) is 6.14. The van der Waals surface area contributed by atoms with Gasteiger partial charge in [-0.1, -0.05) is 0 Å². The van der Waals surface area contributed by atoms with Crippen LogP contribution in [0, 0.1) is 5.92 Å². The van der Waals surface area contributed by atoms with E-state index in [1.165, 1.54) is 0 Å². The summed E-state index contributed by atoms with van der Waals surface area (Å²) in [6.45, 7) is 0.902. The molecule has 0 radical (unpaired) electrons. The van der Waals surface area contributed by atoms with Gasteiger partial charge in [0.2, 0.25) is 5.91 Å². The number of thiol groups is 1. The zero-order chi connectivity index (χ0) is 11.4. The highest BCUT2D eigenvalue weighted by Crippen LogP contribution is 2.28. The second kappa shape index (κ2) is 5.34. The van der Waals surface area contributed by atoms with E-state index in [-0.39, 0.29) is 5.91 Å². The van der Waals surface area contributed by atoms with Crippen LogP contribution in [-0.4, -0.2) is 32.5 Å². The van der Waals surface area contributed by atoms with Gasteiger partial charge in [-0.25, -0.2) is 4.98 Å². The highest BCUT2D eigenvalue weighted by Gasteiger charge is 2.30. The molecule has 1 aromatic rings. The molecule has 0 spiro atoms. The third-order valence-electron chi connectivity index (χ3n) is 2.85. The molecule has 1 N–H and O–H groups in total. The summed E-state index contributed by atoms with van der Waals surface area (Å²) in [7, 11) is 0. The van der Waals surface area contributed by atoms with Gasteiger partial charge in [0.15, 0.2) is 0 Å². The van der Waals surface area contributed by atoms with Gasteiger partial charge in [-0.2, -0.15) is 17.7 Å². The van der Waals surface area contributed by atoms with Crippen LogP contribution in [0.3, 0.4) is 0 Å². The first-order valence-electron chi connectivity index (χ1n) is 5.50. The third-order valence-corrected chi connectivity index (χ3v) is 3.08. The Kier molecular flexibility index (Phi) is 3.82. The number of hydrogen-bond acceptors (Lipinski definition) is 4. The molecule has 0 saturated heterocycles. The molecule has 0 unspecified atom stereocenters. The summed E-state index contributed by atoms with van der Waals surface area (Å²) in [6.07, 6.45) is 5.86. The second-order valence-electron chi connectivity index (χ2n) is 4.19. The van der Waals surface area contributed by atoms with Crippen LogP contribution in [0.1, 0.15) is 19.3 Å². The molecule has 1 aliphatic carbocycles. The summed E-state index contributed by atoms with van der Waals surface area (Å²) in [4.78, 5) is 15.2. The van der Waals surface area contributed by atoms with Gasteiger partial charge in [0.25, 0.3) is 0 Å². The monoisotopic (exact) mass is 240 g/mol. The molecule has 16 heavy (non-hydrogen) atoms. The Labute approximate surface area is 100 Å². The standard InChI is InChI=1S/C10H16N4OS/c15-10(1-2-16)13-9-3-8(4-9)5-14-7-11-6-12-14/h6-9,16H,1-5H2,(H,13,15). The maximum Gasteiger partial charge on any atom is 0.221 e. The van der Waals surface area contributed by atoms with Crippen LogP contribution in [0.4, 0.5) is 0 Å². The molecule has 2 rings (SSSR count). The molecule has 88 valence electrons. The number of nitrogens with one attached hydrogen (secondary N) is 1. The van der Waals surface area contributed by atoms with Crippen LogP contribution >= 0.6 is 12.6 Å². The Morgan fingerprint density at radius 3 is 3.00 bits per heavy atom. The molecule has 0 aliphatic heterocycles. The van der Waals surface area contributed by atoms with Crippen molar-refractivity contribution in [1.82, 2.24) is 20.1 Å². The lowest BCUT2D eigenvalue weighted by Crippen LogP contribution is -2.45. The fourth-order valence-corrected chi connectivity index (χ4v) is 2.20. The SMILES string of the molecule is O=C(CCS)NC1CC(Cn2cncn2)C1. The van der Waals surface area contributed by atoms with Crippen LogP contribution in [0.15, 0.2) is 12.7 Å². The Bertz CT molecular complexity index is 335. The van der Waals surface area contributed by atoms with Crippen molar-refractivity contribution < 1.29 is 4.79 Å². The van der Waals surface area contributed by atoms with Crippen molar-refractivity contribution in [2.75, 3.05) is 5.75 Å². The van der Waals surface area contributed by atoms with Crippen molar-refractivity contribution in [2.45, 2.75) is 31.8 Å². The molecule has 0 atom stereocenters. The van der Waals surface area contributed by atoms with E-state index in [2.05, 4.69) is 28.0 Å². The highest BCUT2D eigenvalue weighted by atomic mass is 32.1. The van der Waals surface area contributed by atoms with Crippen LogP contribution in [0.25, 0.3) is 0 Å². The van der Waals surface area contributed by atoms with Gasteiger partial charge in [-0.3, -0.25) is 9.48 Å². The van der Waals surface area contributed by atoms with Gasteiger partial charge in [0.05, 0.1) is 0 Å². The third kappa shape index (κ3) is 2.98. The zero-order valence-corrected chi connectivity index (χ0v) is 9.94. The number of hydrogen-bond donors (Lipinski definition) is 2. The van der Waals surface area contributed by atoms with Crippen molar-refractivity contribution in [3.05, 3.63) is 12.7 Å². The first kappa shape index (κ1) is 11.4. The summed E-state index contributed by atoms with van der Waals surface area (Å²) >= 11 is 4.03. The van der Waals surface area contributed by atoms with Crippen molar-refractivity contribution in [2.24, 2.45) is 5.92 Å². The molecule has 1 aliphatic rings. The molecule has 1 heterocycles. The van der Waals surface area contributed by atoms with E-state index in [9.17, 15) is 4.79 Å². The van der Waals surface area contributed by atoms with E-state index in [0.29, 0.717) is 24.1 Å². The first-order chi connectivity index (χ1) is 7.78. The Hall–Kier alpha value is -1.04. The molecule has 1 saturated carbocycles. The number of carbonyl (C=O) groups is 1. The van der Waals surface area contributed by atoms with Gasteiger partial charge in [-0.05, 0) is 24.5 Å². The molecular formula is C10H16N4OS. The van der Waals surface area contributed by atoms with Gasteiger partial charge < -0.3 is 5.32 Å². The van der Waals surface area contributed by atoms with E-state index in [1.54, 1.807) is 12.7 Å². The predicted molar refractivity (Wildman–Crippen MR) is 63.1 cm³/mol. The van der Waals surface area contributed by atoms with Gasteiger partial charge in [0, 0.05) is 19.0 Å². The topological polar surface area (TPSA) is 59.8 Å². The van der Waals surface area contributed by atoms with Crippen molar-refractivity contribution in [3.8, 4) is 0 Å². The van der Waals surface area contributed by atoms with Gasteiger partial charge in [-0.15, -0.1) is 0 Å².